The molecule has 3 heterocycles. The van der Waals surface area contributed by atoms with Crippen molar-refractivity contribution in [3.63, 3.8) is 0 Å². The van der Waals surface area contributed by atoms with Gasteiger partial charge in [-0.1, -0.05) is 0 Å². The van der Waals surface area contributed by atoms with E-state index in [4.69, 9.17) is 18.9 Å². The Morgan fingerprint density at radius 3 is 2.66 bits per heavy atom. The van der Waals surface area contributed by atoms with Gasteiger partial charge in [0.05, 0.1) is 0 Å². The number of alkyl halides is 1. The fraction of sp³-hybridized carbons (Fsp3) is 0.500. The third-order valence-corrected chi connectivity index (χ3v) is 4.18. The van der Waals surface area contributed by atoms with Crippen LogP contribution in [0.5, 0.6) is 0 Å². The van der Waals surface area contributed by atoms with E-state index >= 15 is 4.39 Å². The van der Waals surface area contributed by atoms with Crippen LogP contribution in [0.4, 0.5) is 4.39 Å². The highest BCUT2D eigenvalue weighted by Crippen LogP contribution is 2.41. The molecule has 0 aliphatic carbocycles. The third kappa shape index (κ3) is 4.00. The molecule has 4 atom stereocenters. The first-order valence-electron chi connectivity index (χ1n) is 8.39. The van der Waals surface area contributed by atoms with Crippen LogP contribution in [0.2, 0.25) is 0 Å². The van der Waals surface area contributed by atoms with Crippen LogP contribution in [0.1, 0.15) is 20.1 Å². The number of aromatic nitrogens is 5. The van der Waals surface area contributed by atoms with E-state index in [2.05, 4.69) is 15.1 Å². The highest BCUT2D eigenvalue weighted by atomic mass is 19.1. The Morgan fingerprint density at radius 2 is 2.10 bits per heavy atom. The summed E-state index contributed by atoms with van der Waals surface area (Å²) in [5.41, 5.74) is -0.827. The lowest BCUT2D eigenvalue weighted by atomic mass is 10.1. The fourth-order valence-corrected chi connectivity index (χ4v) is 2.84. The van der Waals surface area contributed by atoms with Crippen LogP contribution in [0, 0.1) is 0 Å². The average Bonchev–Trinajstić information content (AvgIpc) is 3.29. The number of rotatable bonds is 6. The summed E-state index contributed by atoms with van der Waals surface area (Å²) in [6.45, 7) is 1.59. The molecule has 29 heavy (non-hydrogen) atoms. The largest absolute Gasteiger partial charge is 0.460 e. The second kappa shape index (κ2) is 8.05. The monoisotopic (exact) mass is 411 g/mol. The van der Waals surface area contributed by atoms with E-state index in [1.165, 1.54) is 29.6 Å². The van der Waals surface area contributed by atoms with Crippen molar-refractivity contribution in [1.82, 2.24) is 24.3 Å². The Balaban J connectivity index is 1.98. The summed E-state index contributed by atoms with van der Waals surface area (Å²) >= 11 is 0. The number of carbonyl (C=O) groups excluding carboxylic acids is 2. The van der Waals surface area contributed by atoms with Gasteiger partial charge in [-0.3, -0.25) is 14.2 Å². The Hall–Kier alpha value is -3.19. The van der Waals surface area contributed by atoms with E-state index in [1.54, 1.807) is 0 Å². The molecule has 2 aromatic rings. The lowest BCUT2D eigenvalue weighted by Crippen LogP contribution is -2.47. The second-order valence-electron chi connectivity index (χ2n) is 6.10. The maximum Gasteiger partial charge on any atom is 0.351 e. The minimum Gasteiger partial charge on any atom is -0.460 e. The van der Waals surface area contributed by atoms with E-state index in [0.717, 1.165) is 25.5 Å². The molecule has 0 spiro atoms. The standard InChI is InChI=1S/C16H18FN5O7/c1-9(23)27-6-16(26-3)13(17)12(28-10(2)24)14(29-16)21-5-4-11(20-15(21)25)22-8-18-7-19-22/h4-5,7-8,12-14H,6H2,1-3H3/t12-,13+,14-,16-/m1/s1. The third-order valence-electron chi connectivity index (χ3n) is 4.18. The predicted octanol–water partition coefficient (Wildman–Crippen LogP) is -0.472. The molecule has 1 aliphatic heterocycles. The highest BCUT2D eigenvalue weighted by Gasteiger charge is 2.60. The number of ether oxygens (including phenoxy) is 4. The lowest BCUT2D eigenvalue weighted by molar-refractivity contribution is -0.264. The molecule has 0 unspecified atom stereocenters. The van der Waals surface area contributed by atoms with Gasteiger partial charge in [-0.15, -0.1) is 0 Å². The second-order valence-corrected chi connectivity index (χ2v) is 6.10. The summed E-state index contributed by atoms with van der Waals surface area (Å²) in [4.78, 5) is 42.8. The number of hydrogen-bond acceptors (Lipinski definition) is 10. The van der Waals surface area contributed by atoms with Crippen LogP contribution >= 0.6 is 0 Å². The van der Waals surface area contributed by atoms with Crippen molar-refractivity contribution < 1.29 is 32.9 Å². The van der Waals surface area contributed by atoms with Crippen LogP contribution in [-0.2, 0) is 28.5 Å². The first-order valence-corrected chi connectivity index (χ1v) is 8.39. The zero-order chi connectivity index (χ0) is 21.2. The van der Waals surface area contributed by atoms with Gasteiger partial charge in [-0.05, 0) is 6.07 Å². The van der Waals surface area contributed by atoms with Gasteiger partial charge in [0.1, 0.15) is 19.3 Å². The van der Waals surface area contributed by atoms with E-state index in [1.807, 2.05) is 0 Å². The summed E-state index contributed by atoms with van der Waals surface area (Å²) in [7, 11) is 1.14. The molecule has 156 valence electrons. The molecule has 0 N–H and O–H groups in total. The molecular weight excluding hydrogens is 393 g/mol. The van der Waals surface area contributed by atoms with Crippen molar-refractivity contribution >= 4 is 11.9 Å². The maximum absolute atomic E-state index is 15.2. The van der Waals surface area contributed by atoms with Crippen molar-refractivity contribution in [2.45, 2.75) is 38.1 Å². The molecule has 0 saturated carbocycles. The Kier molecular flexibility index (Phi) is 5.70. The van der Waals surface area contributed by atoms with Crippen molar-refractivity contribution in [2.75, 3.05) is 13.7 Å². The summed E-state index contributed by atoms with van der Waals surface area (Å²) in [5, 5.41) is 3.86. The number of nitrogens with zero attached hydrogens (tertiary/aromatic N) is 5. The van der Waals surface area contributed by atoms with Crippen LogP contribution in [0.3, 0.4) is 0 Å². The van der Waals surface area contributed by atoms with Crippen molar-refractivity contribution in [2.24, 2.45) is 0 Å². The zero-order valence-electron chi connectivity index (χ0n) is 15.7. The van der Waals surface area contributed by atoms with Crippen LogP contribution < -0.4 is 5.69 Å². The normalized spacial score (nSPS) is 26.3. The average molecular weight is 411 g/mol. The zero-order valence-corrected chi connectivity index (χ0v) is 15.7. The molecule has 0 amide bonds. The molecule has 12 nitrogen and oxygen atoms in total. The van der Waals surface area contributed by atoms with Crippen LogP contribution in [0.15, 0.2) is 29.7 Å². The molecule has 0 radical (unpaired) electrons. The van der Waals surface area contributed by atoms with Crippen molar-refractivity contribution in [1.29, 1.82) is 0 Å². The first kappa shape index (κ1) is 20.5. The minimum absolute atomic E-state index is 0.167. The smallest absolute Gasteiger partial charge is 0.351 e. The topological polar surface area (TPSA) is 137 Å². The SMILES string of the molecule is CO[C@]1(COC(C)=O)O[C@@H](n2ccc(-n3cncn3)nc2=O)[C@H](OC(C)=O)[C@@H]1F. The van der Waals surface area contributed by atoms with Gasteiger partial charge < -0.3 is 18.9 Å². The molecule has 2 aromatic heterocycles. The Labute approximate surface area is 163 Å². The van der Waals surface area contributed by atoms with E-state index in [9.17, 15) is 14.4 Å². The summed E-state index contributed by atoms with van der Waals surface area (Å²) in [5.74, 6) is -3.41. The van der Waals surface area contributed by atoms with Gasteiger partial charge in [0.15, 0.2) is 24.3 Å². The van der Waals surface area contributed by atoms with E-state index in [-0.39, 0.29) is 5.82 Å². The quantitative estimate of drug-likeness (QED) is 0.574. The van der Waals surface area contributed by atoms with Gasteiger partial charge in [0.2, 0.25) is 5.79 Å². The lowest BCUT2D eigenvalue weighted by Gasteiger charge is -2.28. The molecule has 0 aromatic carbocycles. The van der Waals surface area contributed by atoms with Gasteiger partial charge in [0.25, 0.3) is 0 Å². The number of carbonyl (C=O) groups is 2. The van der Waals surface area contributed by atoms with E-state index in [0.29, 0.717) is 0 Å². The first-order chi connectivity index (χ1) is 13.8. The molecule has 1 fully saturated rings. The Morgan fingerprint density at radius 1 is 1.34 bits per heavy atom. The highest BCUT2D eigenvalue weighted by molar-refractivity contribution is 5.66. The predicted molar refractivity (Wildman–Crippen MR) is 90.4 cm³/mol. The molecule has 13 heteroatoms. The molecule has 3 rings (SSSR count). The molecule has 1 saturated heterocycles. The molecule has 0 bridgehead atoms. The number of esters is 2. The molecular formula is C16H18FN5O7. The van der Waals surface area contributed by atoms with Gasteiger partial charge in [-0.25, -0.2) is 18.9 Å². The van der Waals surface area contributed by atoms with Crippen molar-refractivity contribution in [3.05, 3.63) is 35.4 Å². The molecule has 1 aliphatic rings. The number of hydrogen-bond donors (Lipinski definition) is 0. The number of methoxy groups -OCH3 is 1. The summed E-state index contributed by atoms with van der Waals surface area (Å²) in [6.07, 6.45) is -1.17. The van der Waals surface area contributed by atoms with Crippen molar-refractivity contribution in [3.8, 4) is 5.82 Å². The van der Waals surface area contributed by atoms with E-state index < -0.39 is 48.5 Å². The van der Waals surface area contributed by atoms with Crippen LogP contribution in [-0.4, -0.2) is 68.0 Å². The number of halogens is 1. The van der Waals surface area contributed by atoms with Gasteiger partial charge in [0, 0.05) is 27.2 Å². The summed E-state index contributed by atoms with van der Waals surface area (Å²) in [6, 6.07) is 1.41. The van der Waals surface area contributed by atoms with Gasteiger partial charge in [-0.2, -0.15) is 10.1 Å². The summed E-state index contributed by atoms with van der Waals surface area (Å²) < 4.78 is 38.0. The van der Waals surface area contributed by atoms with Gasteiger partial charge >= 0.3 is 17.6 Å². The maximum atomic E-state index is 15.2. The Bertz CT molecular complexity index is 949. The fourth-order valence-electron chi connectivity index (χ4n) is 2.84. The minimum atomic E-state index is -2.08. The van der Waals surface area contributed by atoms with Crippen LogP contribution in [0.25, 0.3) is 5.82 Å².